The SMILES string of the molecule is COCCOCCCNC1CCOC2(CCCCC2)C1. The van der Waals surface area contributed by atoms with Gasteiger partial charge in [0.1, 0.15) is 0 Å². The van der Waals surface area contributed by atoms with E-state index in [0.717, 1.165) is 32.6 Å². The molecule has 1 saturated carbocycles. The number of ether oxygens (including phenoxy) is 3. The van der Waals surface area contributed by atoms with Gasteiger partial charge in [-0.2, -0.15) is 0 Å². The first-order valence-corrected chi connectivity index (χ1v) is 8.29. The van der Waals surface area contributed by atoms with Crippen molar-refractivity contribution in [2.75, 3.05) is 40.1 Å². The largest absolute Gasteiger partial charge is 0.382 e. The lowest BCUT2D eigenvalue weighted by Crippen LogP contribution is -2.48. The van der Waals surface area contributed by atoms with Crippen LogP contribution in [0.1, 0.15) is 51.4 Å². The lowest BCUT2D eigenvalue weighted by molar-refractivity contribution is -0.109. The van der Waals surface area contributed by atoms with Crippen LogP contribution in [0.5, 0.6) is 0 Å². The first-order chi connectivity index (χ1) is 9.85. The molecule has 2 rings (SSSR count). The van der Waals surface area contributed by atoms with Crippen LogP contribution in [0.15, 0.2) is 0 Å². The van der Waals surface area contributed by atoms with Crippen LogP contribution < -0.4 is 5.32 Å². The summed E-state index contributed by atoms with van der Waals surface area (Å²) in [5.41, 5.74) is 0.211. The fourth-order valence-electron chi connectivity index (χ4n) is 3.47. The molecular weight excluding hydrogens is 254 g/mol. The van der Waals surface area contributed by atoms with Crippen LogP contribution in [0.4, 0.5) is 0 Å². The fraction of sp³-hybridized carbons (Fsp3) is 1.00. The van der Waals surface area contributed by atoms with Crippen LogP contribution >= 0.6 is 0 Å². The molecule has 1 aliphatic heterocycles. The average molecular weight is 285 g/mol. The van der Waals surface area contributed by atoms with Gasteiger partial charge in [-0.25, -0.2) is 0 Å². The quantitative estimate of drug-likeness (QED) is 0.696. The van der Waals surface area contributed by atoms with Crippen molar-refractivity contribution in [3.05, 3.63) is 0 Å². The Balaban J connectivity index is 1.56. The van der Waals surface area contributed by atoms with Gasteiger partial charge in [-0.1, -0.05) is 19.3 Å². The molecule has 0 bridgehead atoms. The number of nitrogens with one attached hydrogen (secondary N) is 1. The second kappa shape index (κ2) is 8.98. The van der Waals surface area contributed by atoms with Crippen molar-refractivity contribution in [1.29, 1.82) is 0 Å². The van der Waals surface area contributed by atoms with E-state index in [0.29, 0.717) is 19.3 Å². The second-order valence-electron chi connectivity index (χ2n) is 6.19. The van der Waals surface area contributed by atoms with Gasteiger partial charge in [0, 0.05) is 26.4 Å². The predicted octanol–water partition coefficient (Wildman–Crippen LogP) is 2.51. The van der Waals surface area contributed by atoms with E-state index in [4.69, 9.17) is 14.2 Å². The Morgan fingerprint density at radius 3 is 2.80 bits per heavy atom. The molecule has 1 aliphatic carbocycles. The number of hydrogen-bond acceptors (Lipinski definition) is 4. The van der Waals surface area contributed by atoms with Gasteiger partial charge in [0.25, 0.3) is 0 Å². The Bertz CT molecular complexity index is 249. The minimum absolute atomic E-state index is 0.211. The number of methoxy groups -OCH3 is 1. The summed E-state index contributed by atoms with van der Waals surface area (Å²) in [4.78, 5) is 0. The predicted molar refractivity (Wildman–Crippen MR) is 80.1 cm³/mol. The molecule has 20 heavy (non-hydrogen) atoms. The molecule has 1 N–H and O–H groups in total. The Morgan fingerprint density at radius 1 is 1.15 bits per heavy atom. The standard InChI is InChI=1S/C16H31NO3/c1-18-12-13-19-10-5-9-17-15-6-11-20-16(14-15)7-3-2-4-8-16/h15,17H,2-14H2,1H3. The van der Waals surface area contributed by atoms with Gasteiger partial charge >= 0.3 is 0 Å². The molecule has 0 aromatic carbocycles. The van der Waals surface area contributed by atoms with E-state index in [1.165, 1.54) is 38.5 Å². The minimum Gasteiger partial charge on any atom is -0.382 e. The third-order valence-electron chi connectivity index (χ3n) is 4.59. The maximum Gasteiger partial charge on any atom is 0.0700 e. The van der Waals surface area contributed by atoms with Gasteiger partial charge in [0.15, 0.2) is 0 Å². The topological polar surface area (TPSA) is 39.7 Å². The van der Waals surface area contributed by atoms with Gasteiger partial charge < -0.3 is 19.5 Å². The fourth-order valence-corrected chi connectivity index (χ4v) is 3.47. The zero-order chi connectivity index (χ0) is 14.1. The highest BCUT2D eigenvalue weighted by Gasteiger charge is 2.38. The molecule has 1 spiro atoms. The number of hydrogen-bond donors (Lipinski definition) is 1. The van der Waals surface area contributed by atoms with Crippen LogP contribution in [-0.2, 0) is 14.2 Å². The molecule has 0 aromatic rings. The molecule has 2 fully saturated rings. The smallest absolute Gasteiger partial charge is 0.0700 e. The van der Waals surface area contributed by atoms with E-state index < -0.39 is 0 Å². The summed E-state index contributed by atoms with van der Waals surface area (Å²) < 4.78 is 16.6. The summed E-state index contributed by atoms with van der Waals surface area (Å²) >= 11 is 0. The molecule has 1 saturated heterocycles. The van der Waals surface area contributed by atoms with Crippen molar-refractivity contribution < 1.29 is 14.2 Å². The molecule has 118 valence electrons. The van der Waals surface area contributed by atoms with Gasteiger partial charge in [-0.15, -0.1) is 0 Å². The molecule has 2 aliphatic rings. The lowest BCUT2D eigenvalue weighted by Gasteiger charge is -2.43. The molecule has 0 amide bonds. The van der Waals surface area contributed by atoms with Crippen LogP contribution in [0, 0.1) is 0 Å². The Kier molecular flexibility index (Phi) is 7.28. The van der Waals surface area contributed by atoms with E-state index in [-0.39, 0.29) is 5.60 Å². The maximum atomic E-state index is 6.13. The average Bonchev–Trinajstić information content (AvgIpc) is 2.47. The van der Waals surface area contributed by atoms with E-state index in [2.05, 4.69) is 5.32 Å². The Labute approximate surface area is 123 Å². The third-order valence-corrected chi connectivity index (χ3v) is 4.59. The number of rotatable bonds is 8. The van der Waals surface area contributed by atoms with Crippen molar-refractivity contribution in [3.8, 4) is 0 Å². The summed E-state index contributed by atoms with van der Waals surface area (Å²) in [5.74, 6) is 0. The monoisotopic (exact) mass is 285 g/mol. The highest BCUT2D eigenvalue weighted by atomic mass is 16.5. The van der Waals surface area contributed by atoms with Crippen molar-refractivity contribution in [2.24, 2.45) is 0 Å². The zero-order valence-electron chi connectivity index (χ0n) is 13.0. The van der Waals surface area contributed by atoms with E-state index >= 15 is 0 Å². The summed E-state index contributed by atoms with van der Waals surface area (Å²) in [7, 11) is 1.71. The molecule has 0 aromatic heterocycles. The van der Waals surface area contributed by atoms with Crippen molar-refractivity contribution in [2.45, 2.75) is 63.0 Å². The summed E-state index contributed by atoms with van der Waals surface area (Å²) in [6.07, 6.45) is 10.1. The Morgan fingerprint density at radius 2 is 2.00 bits per heavy atom. The molecule has 0 radical (unpaired) electrons. The van der Waals surface area contributed by atoms with Crippen molar-refractivity contribution in [3.63, 3.8) is 0 Å². The molecule has 1 unspecified atom stereocenters. The molecule has 4 heteroatoms. The van der Waals surface area contributed by atoms with Crippen molar-refractivity contribution in [1.82, 2.24) is 5.32 Å². The third kappa shape index (κ3) is 5.32. The minimum atomic E-state index is 0.211. The van der Waals surface area contributed by atoms with Crippen LogP contribution in [-0.4, -0.2) is 51.7 Å². The van der Waals surface area contributed by atoms with Gasteiger partial charge in [-0.3, -0.25) is 0 Å². The van der Waals surface area contributed by atoms with Crippen LogP contribution in [0.25, 0.3) is 0 Å². The van der Waals surface area contributed by atoms with E-state index in [1.54, 1.807) is 7.11 Å². The highest BCUT2D eigenvalue weighted by molar-refractivity contribution is 4.91. The Hall–Kier alpha value is -0.160. The van der Waals surface area contributed by atoms with Crippen molar-refractivity contribution >= 4 is 0 Å². The summed E-state index contributed by atoms with van der Waals surface area (Å²) in [6, 6.07) is 0.640. The summed E-state index contributed by atoms with van der Waals surface area (Å²) in [6.45, 7) is 4.20. The molecular formula is C16H31NO3. The first kappa shape index (κ1) is 16.2. The normalized spacial score (nSPS) is 25.9. The molecule has 1 atom stereocenters. The highest BCUT2D eigenvalue weighted by Crippen LogP contribution is 2.38. The first-order valence-electron chi connectivity index (χ1n) is 8.29. The molecule has 1 heterocycles. The lowest BCUT2D eigenvalue weighted by atomic mass is 9.78. The zero-order valence-corrected chi connectivity index (χ0v) is 13.0. The maximum absolute atomic E-state index is 6.13. The van der Waals surface area contributed by atoms with Crippen LogP contribution in [0.3, 0.4) is 0 Å². The van der Waals surface area contributed by atoms with Gasteiger partial charge in [0.2, 0.25) is 0 Å². The van der Waals surface area contributed by atoms with Gasteiger partial charge in [0.05, 0.1) is 18.8 Å². The summed E-state index contributed by atoms with van der Waals surface area (Å²) in [5, 5.41) is 3.69. The van der Waals surface area contributed by atoms with Gasteiger partial charge in [-0.05, 0) is 38.6 Å². The van der Waals surface area contributed by atoms with E-state index in [9.17, 15) is 0 Å². The second-order valence-corrected chi connectivity index (χ2v) is 6.19. The molecule has 4 nitrogen and oxygen atoms in total. The van der Waals surface area contributed by atoms with Crippen LogP contribution in [0.2, 0.25) is 0 Å². The van der Waals surface area contributed by atoms with E-state index in [1.807, 2.05) is 0 Å².